The standard InChI is InChI=1S/C17H24O4/c1-7-16(18-3)15(17(19-4,20-5)21-6)12-14-11-9-8-10-13(14)2/h7-13H,1H2,2-6H3/b14-12-,16-15-. The maximum atomic E-state index is 5.44. The summed E-state index contributed by atoms with van der Waals surface area (Å²) in [5, 5.41) is 0. The van der Waals surface area contributed by atoms with Crippen molar-refractivity contribution in [3.05, 3.63) is 59.9 Å². The van der Waals surface area contributed by atoms with E-state index in [0.29, 0.717) is 11.3 Å². The highest BCUT2D eigenvalue weighted by Gasteiger charge is 2.37. The van der Waals surface area contributed by atoms with Crippen LogP contribution in [0.15, 0.2) is 59.9 Å². The Morgan fingerprint density at radius 3 is 2.19 bits per heavy atom. The minimum atomic E-state index is -1.35. The molecule has 116 valence electrons. The number of rotatable bonds is 7. The molecule has 1 aliphatic carbocycles. The van der Waals surface area contributed by atoms with Crippen LogP contribution in [0.3, 0.4) is 0 Å². The van der Waals surface area contributed by atoms with Crippen molar-refractivity contribution in [1.82, 2.24) is 0 Å². The zero-order valence-corrected chi connectivity index (χ0v) is 13.4. The molecule has 0 fully saturated rings. The molecule has 0 aromatic heterocycles. The van der Waals surface area contributed by atoms with E-state index in [0.717, 1.165) is 5.57 Å². The molecule has 0 saturated heterocycles. The average Bonchev–Trinajstić information content (AvgIpc) is 2.52. The Balaban J connectivity index is 3.44. The van der Waals surface area contributed by atoms with Gasteiger partial charge in [0.15, 0.2) is 0 Å². The second kappa shape index (κ2) is 7.98. The summed E-state index contributed by atoms with van der Waals surface area (Å²) in [5.74, 6) is -0.541. The van der Waals surface area contributed by atoms with Crippen LogP contribution in [0.5, 0.6) is 0 Å². The van der Waals surface area contributed by atoms with Crippen molar-refractivity contribution in [2.75, 3.05) is 28.4 Å². The molecule has 0 spiro atoms. The van der Waals surface area contributed by atoms with E-state index in [2.05, 4.69) is 19.6 Å². The summed E-state index contributed by atoms with van der Waals surface area (Å²) in [5.41, 5.74) is 1.72. The molecular weight excluding hydrogens is 268 g/mol. The monoisotopic (exact) mass is 292 g/mol. The second-order valence-electron chi connectivity index (χ2n) is 4.53. The Morgan fingerprint density at radius 1 is 1.14 bits per heavy atom. The van der Waals surface area contributed by atoms with Gasteiger partial charge in [-0.3, -0.25) is 0 Å². The topological polar surface area (TPSA) is 36.9 Å². The van der Waals surface area contributed by atoms with Gasteiger partial charge >= 0.3 is 5.97 Å². The fraction of sp³-hybridized carbons (Fsp3) is 0.412. The minimum Gasteiger partial charge on any atom is -0.496 e. The fourth-order valence-corrected chi connectivity index (χ4v) is 2.20. The van der Waals surface area contributed by atoms with Gasteiger partial charge in [0.25, 0.3) is 0 Å². The van der Waals surface area contributed by atoms with Crippen molar-refractivity contribution in [2.24, 2.45) is 5.92 Å². The Morgan fingerprint density at radius 2 is 1.76 bits per heavy atom. The number of ether oxygens (including phenoxy) is 4. The zero-order chi connectivity index (χ0) is 15.9. The molecule has 21 heavy (non-hydrogen) atoms. The van der Waals surface area contributed by atoms with Crippen LogP contribution in [0.25, 0.3) is 0 Å². The van der Waals surface area contributed by atoms with Crippen LogP contribution in [-0.4, -0.2) is 34.4 Å². The summed E-state index contributed by atoms with van der Waals surface area (Å²) in [6, 6.07) is 0. The third-order valence-corrected chi connectivity index (χ3v) is 3.44. The molecule has 0 bridgehead atoms. The van der Waals surface area contributed by atoms with Crippen LogP contribution in [0.2, 0.25) is 0 Å². The Hall–Kier alpha value is -1.62. The molecular formula is C17H24O4. The van der Waals surface area contributed by atoms with Crippen LogP contribution < -0.4 is 0 Å². The lowest BCUT2D eigenvalue weighted by Gasteiger charge is -2.31. The molecule has 0 saturated carbocycles. The van der Waals surface area contributed by atoms with Crippen molar-refractivity contribution in [2.45, 2.75) is 12.9 Å². The fourth-order valence-electron chi connectivity index (χ4n) is 2.20. The number of hydrogen-bond acceptors (Lipinski definition) is 4. The summed E-state index contributed by atoms with van der Waals surface area (Å²) in [7, 11) is 6.12. The number of allylic oxidation sites excluding steroid dienone is 6. The van der Waals surface area contributed by atoms with E-state index in [-0.39, 0.29) is 5.92 Å². The highest BCUT2D eigenvalue weighted by Crippen LogP contribution is 2.31. The first-order valence-corrected chi connectivity index (χ1v) is 6.71. The highest BCUT2D eigenvalue weighted by atomic mass is 16.9. The molecule has 0 N–H and O–H groups in total. The van der Waals surface area contributed by atoms with Crippen LogP contribution in [0.4, 0.5) is 0 Å². The quantitative estimate of drug-likeness (QED) is 0.409. The summed E-state index contributed by atoms with van der Waals surface area (Å²) in [6.45, 7) is 5.88. The van der Waals surface area contributed by atoms with Crippen molar-refractivity contribution >= 4 is 0 Å². The third-order valence-electron chi connectivity index (χ3n) is 3.44. The predicted molar refractivity (Wildman–Crippen MR) is 83.5 cm³/mol. The van der Waals surface area contributed by atoms with Gasteiger partial charge in [0.2, 0.25) is 0 Å². The van der Waals surface area contributed by atoms with E-state index in [9.17, 15) is 0 Å². The Bertz CT molecular complexity index is 471. The molecule has 0 aromatic carbocycles. The lowest BCUT2D eigenvalue weighted by atomic mass is 9.93. The van der Waals surface area contributed by atoms with Gasteiger partial charge in [0, 0.05) is 21.3 Å². The summed E-state index contributed by atoms with van der Waals surface area (Å²) >= 11 is 0. The van der Waals surface area contributed by atoms with Crippen molar-refractivity contribution in [3.63, 3.8) is 0 Å². The molecule has 1 aliphatic rings. The van der Waals surface area contributed by atoms with Gasteiger partial charge in [-0.15, -0.1) is 0 Å². The molecule has 0 aliphatic heterocycles. The molecule has 4 heteroatoms. The highest BCUT2D eigenvalue weighted by molar-refractivity contribution is 5.42. The predicted octanol–water partition coefficient (Wildman–Crippen LogP) is 3.35. The van der Waals surface area contributed by atoms with E-state index < -0.39 is 5.97 Å². The van der Waals surface area contributed by atoms with Gasteiger partial charge < -0.3 is 18.9 Å². The van der Waals surface area contributed by atoms with Gasteiger partial charge in [0.05, 0.1) is 12.7 Å². The summed E-state index contributed by atoms with van der Waals surface area (Å²) in [6.07, 6.45) is 11.7. The SMILES string of the molecule is C=C/C(OC)=C(\C=C1\C=CC=CC1C)C(OC)(OC)OC. The lowest BCUT2D eigenvalue weighted by Crippen LogP contribution is -2.38. The van der Waals surface area contributed by atoms with E-state index >= 15 is 0 Å². The zero-order valence-electron chi connectivity index (χ0n) is 13.4. The van der Waals surface area contributed by atoms with Crippen LogP contribution in [-0.2, 0) is 18.9 Å². The number of methoxy groups -OCH3 is 4. The van der Waals surface area contributed by atoms with E-state index in [1.807, 2.05) is 24.3 Å². The second-order valence-corrected chi connectivity index (χ2v) is 4.53. The molecule has 1 rings (SSSR count). The minimum absolute atomic E-state index is 0.274. The maximum absolute atomic E-state index is 5.44. The summed E-state index contributed by atoms with van der Waals surface area (Å²) in [4.78, 5) is 0. The van der Waals surface area contributed by atoms with E-state index in [1.54, 1.807) is 13.2 Å². The van der Waals surface area contributed by atoms with Gasteiger partial charge in [0.1, 0.15) is 5.76 Å². The number of hydrogen-bond donors (Lipinski definition) is 0. The average molecular weight is 292 g/mol. The van der Waals surface area contributed by atoms with E-state index in [4.69, 9.17) is 18.9 Å². The molecule has 1 unspecified atom stereocenters. The largest absolute Gasteiger partial charge is 0.496 e. The lowest BCUT2D eigenvalue weighted by molar-refractivity contribution is -0.325. The Labute approximate surface area is 127 Å². The first-order chi connectivity index (χ1) is 10.1. The van der Waals surface area contributed by atoms with Crippen molar-refractivity contribution < 1.29 is 18.9 Å². The van der Waals surface area contributed by atoms with Gasteiger partial charge in [-0.25, -0.2) is 0 Å². The smallest absolute Gasteiger partial charge is 0.314 e. The van der Waals surface area contributed by atoms with Gasteiger partial charge in [-0.2, -0.15) is 0 Å². The molecule has 0 heterocycles. The molecule has 0 amide bonds. The van der Waals surface area contributed by atoms with Crippen LogP contribution >= 0.6 is 0 Å². The molecule has 4 nitrogen and oxygen atoms in total. The normalized spacial score (nSPS) is 21.4. The molecule has 0 aromatic rings. The Kier molecular flexibility index (Phi) is 6.62. The third kappa shape index (κ3) is 3.73. The van der Waals surface area contributed by atoms with Crippen molar-refractivity contribution in [1.29, 1.82) is 0 Å². The van der Waals surface area contributed by atoms with Crippen molar-refractivity contribution in [3.8, 4) is 0 Å². The van der Waals surface area contributed by atoms with Crippen LogP contribution in [0, 0.1) is 5.92 Å². The first-order valence-electron chi connectivity index (χ1n) is 6.71. The maximum Gasteiger partial charge on any atom is 0.314 e. The van der Waals surface area contributed by atoms with Crippen LogP contribution in [0.1, 0.15) is 6.92 Å². The summed E-state index contributed by atoms with van der Waals surface area (Å²) < 4.78 is 21.7. The first kappa shape index (κ1) is 17.4. The van der Waals surface area contributed by atoms with Gasteiger partial charge in [-0.1, -0.05) is 37.8 Å². The van der Waals surface area contributed by atoms with E-state index in [1.165, 1.54) is 21.3 Å². The molecule has 1 atom stereocenters. The molecule has 0 radical (unpaired) electrons. The van der Waals surface area contributed by atoms with Gasteiger partial charge in [-0.05, 0) is 23.6 Å².